The first-order valence-electron chi connectivity index (χ1n) is 11.5. The minimum Gasteiger partial charge on any atom is -0.472 e. The van der Waals surface area contributed by atoms with Gasteiger partial charge in [0, 0.05) is 38.3 Å². The van der Waals surface area contributed by atoms with Crippen LogP contribution in [0.15, 0.2) is 29.6 Å². The van der Waals surface area contributed by atoms with Gasteiger partial charge >= 0.3 is 6.09 Å². The van der Waals surface area contributed by atoms with Gasteiger partial charge in [-0.15, -0.1) is 0 Å². The number of benzene rings is 1. The van der Waals surface area contributed by atoms with Crippen molar-refractivity contribution in [3.8, 4) is 0 Å². The Morgan fingerprint density at radius 3 is 2.29 bits per heavy atom. The van der Waals surface area contributed by atoms with Crippen molar-refractivity contribution < 1.29 is 32.6 Å². The largest absolute Gasteiger partial charge is 0.472 e. The summed E-state index contributed by atoms with van der Waals surface area (Å²) in [7, 11) is 1.25. The number of carbonyl (C=O) groups excluding carboxylic acids is 3. The molecule has 2 aliphatic rings. The first-order chi connectivity index (χ1) is 18.2. The molecule has 2 heterocycles. The molecule has 3 amide bonds. The molecule has 0 radical (unpaired) electrons. The van der Waals surface area contributed by atoms with Crippen molar-refractivity contribution in [2.24, 2.45) is 16.5 Å². The van der Waals surface area contributed by atoms with E-state index in [4.69, 9.17) is 20.7 Å². The Labute approximate surface area is 219 Å². The lowest BCUT2D eigenvalue weighted by atomic mass is 10.2. The number of ether oxygens (including phenoxy) is 2. The fourth-order valence-electron chi connectivity index (χ4n) is 3.68. The summed E-state index contributed by atoms with van der Waals surface area (Å²) in [5.74, 6) is -1.10. The maximum absolute atomic E-state index is 14.9. The van der Waals surface area contributed by atoms with Crippen LogP contribution in [0.5, 0.6) is 0 Å². The average Bonchev–Trinajstić information content (AvgIpc) is 3.28. The highest BCUT2D eigenvalue weighted by molar-refractivity contribution is 5.76. The van der Waals surface area contributed by atoms with E-state index in [1.165, 1.54) is 19.2 Å². The Morgan fingerprint density at radius 1 is 1.26 bits per heavy atom. The van der Waals surface area contributed by atoms with Crippen LogP contribution >= 0.6 is 0 Å². The van der Waals surface area contributed by atoms with Gasteiger partial charge in [-0.25, -0.2) is 18.6 Å². The van der Waals surface area contributed by atoms with Crippen molar-refractivity contribution in [1.82, 2.24) is 10.2 Å². The van der Waals surface area contributed by atoms with Gasteiger partial charge in [0.05, 0.1) is 26.5 Å². The van der Waals surface area contributed by atoms with Crippen LogP contribution < -0.4 is 26.6 Å². The monoisotopic (exact) mass is 540 g/mol. The lowest BCUT2D eigenvalue weighted by molar-refractivity contribution is -0.131. The van der Waals surface area contributed by atoms with Gasteiger partial charge in [-0.1, -0.05) is 6.92 Å². The number of amides is 3. The Morgan fingerprint density at radius 2 is 1.84 bits per heavy atom. The van der Waals surface area contributed by atoms with E-state index in [0.29, 0.717) is 32.6 Å². The van der Waals surface area contributed by atoms with Gasteiger partial charge < -0.3 is 41.0 Å². The number of hydrogen-bond donors (Lipinski definition) is 4. The van der Waals surface area contributed by atoms with Crippen LogP contribution in [0.1, 0.15) is 13.3 Å². The van der Waals surface area contributed by atoms with Crippen LogP contribution in [0, 0.1) is 17.0 Å². The Balaban J connectivity index is 0.000000794. The maximum Gasteiger partial charge on any atom is 0.406 e. The van der Waals surface area contributed by atoms with Crippen LogP contribution in [0.2, 0.25) is 0 Å². The van der Waals surface area contributed by atoms with E-state index in [1.807, 2.05) is 0 Å². The fraction of sp³-hybridized carbons (Fsp3) is 0.435. The van der Waals surface area contributed by atoms with Crippen LogP contribution in [0.25, 0.3) is 0 Å². The number of halogens is 2. The van der Waals surface area contributed by atoms with Gasteiger partial charge in [0.15, 0.2) is 17.5 Å². The molecule has 2 fully saturated rings. The van der Waals surface area contributed by atoms with Gasteiger partial charge in [-0.05, 0) is 18.7 Å². The van der Waals surface area contributed by atoms with Crippen LogP contribution in [0.3, 0.4) is 0 Å². The molecule has 1 aromatic carbocycles. The van der Waals surface area contributed by atoms with E-state index in [1.54, 1.807) is 21.6 Å². The summed E-state index contributed by atoms with van der Waals surface area (Å²) >= 11 is 0. The number of anilines is 2. The number of methoxy groups -OCH3 is 1. The number of alkyl carbamates (subject to hydrolysis) is 1. The summed E-state index contributed by atoms with van der Waals surface area (Å²) in [5.41, 5.74) is 9.04. The van der Waals surface area contributed by atoms with Gasteiger partial charge in [0.25, 0.3) is 0 Å². The number of primary amides is 1. The number of nitrogens with two attached hydrogens (primary N) is 2. The van der Waals surface area contributed by atoms with Crippen molar-refractivity contribution in [1.29, 1.82) is 5.41 Å². The van der Waals surface area contributed by atoms with Gasteiger partial charge in [0.2, 0.25) is 12.3 Å². The van der Waals surface area contributed by atoms with E-state index in [-0.39, 0.29) is 42.7 Å². The number of carbonyl (C=O) groups is 3. The van der Waals surface area contributed by atoms with Crippen molar-refractivity contribution in [3.63, 3.8) is 0 Å². The van der Waals surface area contributed by atoms with Crippen molar-refractivity contribution >= 4 is 42.5 Å². The smallest absolute Gasteiger partial charge is 0.406 e. The zero-order chi connectivity index (χ0) is 28.7. The summed E-state index contributed by atoms with van der Waals surface area (Å²) in [5, 5.41) is 8.72. The summed E-state index contributed by atoms with van der Waals surface area (Å²) in [6, 6.07) is 2.49. The fourth-order valence-corrected chi connectivity index (χ4v) is 3.68. The maximum atomic E-state index is 14.9. The SMILES string of the molecule is C=C1OC(CNC(=O)OC)CN1c1cc(F)c(N2CCN(C(=O)CC)CC2)c(F)c1.N=CN=CN.NC=O. The highest BCUT2D eigenvalue weighted by Gasteiger charge is 2.31. The Kier molecular flexibility index (Phi) is 13.6. The normalized spacial score (nSPS) is 16.5. The number of hydrogen-bond acceptors (Lipinski definition) is 8. The first kappa shape index (κ1) is 31.6. The highest BCUT2D eigenvalue weighted by Crippen LogP contribution is 2.33. The third-order valence-corrected chi connectivity index (χ3v) is 5.37. The molecule has 1 unspecified atom stereocenters. The molecular weight excluding hydrogens is 506 g/mol. The molecule has 0 bridgehead atoms. The van der Waals surface area contributed by atoms with E-state index in [2.05, 4.69) is 27.4 Å². The molecule has 3 rings (SSSR count). The predicted molar refractivity (Wildman–Crippen MR) is 139 cm³/mol. The summed E-state index contributed by atoms with van der Waals surface area (Å²) in [6.07, 6.45) is 1.58. The molecule has 38 heavy (non-hydrogen) atoms. The Bertz CT molecular complexity index is 979. The van der Waals surface area contributed by atoms with Gasteiger partial charge in [0.1, 0.15) is 18.1 Å². The van der Waals surface area contributed by atoms with Crippen LogP contribution in [-0.2, 0) is 19.1 Å². The number of nitrogens with zero attached hydrogens (tertiary/aromatic N) is 4. The second-order valence-electron chi connectivity index (χ2n) is 7.66. The number of rotatable bonds is 6. The van der Waals surface area contributed by atoms with Gasteiger partial charge in [-0.2, -0.15) is 0 Å². The van der Waals surface area contributed by atoms with Crippen molar-refractivity contribution in [3.05, 3.63) is 36.2 Å². The molecule has 0 aromatic heterocycles. The zero-order valence-electron chi connectivity index (χ0n) is 21.4. The van der Waals surface area contributed by atoms with E-state index in [0.717, 1.165) is 12.7 Å². The minimum absolute atomic E-state index is 0.0368. The third kappa shape index (κ3) is 9.22. The molecule has 1 atom stereocenters. The van der Waals surface area contributed by atoms with E-state index in [9.17, 15) is 18.4 Å². The topological polar surface area (TPSA) is 180 Å². The molecule has 1 aromatic rings. The van der Waals surface area contributed by atoms with Crippen molar-refractivity contribution in [2.75, 3.05) is 56.2 Å². The lowest BCUT2D eigenvalue weighted by Crippen LogP contribution is -2.49. The summed E-state index contributed by atoms with van der Waals surface area (Å²) in [6.45, 7) is 7.60. The molecule has 15 heteroatoms. The number of piperazine rings is 1. The van der Waals surface area contributed by atoms with E-state index < -0.39 is 23.8 Å². The van der Waals surface area contributed by atoms with Crippen LogP contribution in [-0.4, -0.2) is 88.5 Å². The lowest BCUT2D eigenvalue weighted by Gasteiger charge is -2.36. The molecule has 0 aliphatic carbocycles. The van der Waals surface area contributed by atoms with Gasteiger partial charge in [-0.3, -0.25) is 15.0 Å². The molecule has 0 spiro atoms. The first-order valence-corrected chi connectivity index (χ1v) is 11.5. The van der Waals surface area contributed by atoms with Crippen molar-refractivity contribution in [2.45, 2.75) is 19.4 Å². The average molecular weight is 541 g/mol. The predicted octanol–water partition coefficient (Wildman–Crippen LogP) is 0.738. The second kappa shape index (κ2) is 16.3. The molecule has 2 saturated heterocycles. The Hall–Kier alpha value is -4.43. The highest BCUT2D eigenvalue weighted by atomic mass is 19.1. The van der Waals surface area contributed by atoms with E-state index >= 15 is 0 Å². The quantitative estimate of drug-likeness (QED) is 0.232. The minimum atomic E-state index is -0.691. The summed E-state index contributed by atoms with van der Waals surface area (Å²) < 4.78 is 39.8. The molecule has 210 valence electrons. The number of aliphatic imine (C=N–C) groups is 1. The molecular formula is C23H34F2N8O5. The number of nitrogens with one attached hydrogen (secondary N) is 2. The molecule has 13 nitrogen and oxygen atoms in total. The second-order valence-corrected chi connectivity index (χ2v) is 7.66. The third-order valence-electron chi connectivity index (χ3n) is 5.37. The molecule has 0 saturated carbocycles. The molecule has 2 aliphatic heterocycles. The molecule has 6 N–H and O–H groups in total. The standard InChI is InChI=1S/C20H26F2N4O4.C2H5N3.CH3NO/c1-4-18(27)24-5-7-25(8-6-24)19-16(21)9-14(10-17(19)22)26-12-15(30-13(26)2)11-23-20(28)29-3;3-1-5-2-4;2-1-3/h9-10,15H,2,4-8,11-12H2,1,3H3,(H,23,28);1-2H,(H3,3,4,5);1H,(H2,2,3). The zero-order valence-corrected chi connectivity index (χ0v) is 21.4. The van der Waals surface area contributed by atoms with Crippen LogP contribution in [0.4, 0.5) is 25.0 Å². The summed E-state index contributed by atoms with van der Waals surface area (Å²) in [4.78, 5) is 39.6.